The summed E-state index contributed by atoms with van der Waals surface area (Å²) in [4.78, 5) is 26.8. The number of nitrogens with one attached hydrogen (secondary N) is 1. The lowest BCUT2D eigenvalue weighted by Gasteiger charge is -2.32. The van der Waals surface area contributed by atoms with Crippen molar-refractivity contribution in [2.45, 2.75) is 6.42 Å². The van der Waals surface area contributed by atoms with Gasteiger partial charge in [-0.15, -0.1) is 10.2 Å². The lowest BCUT2D eigenvalue weighted by Crippen LogP contribution is -2.46. The molecule has 1 N–H and O–H groups in total. The highest BCUT2D eigenvalue weighted by atomic mass is 16.5. The van der Waals surface area contributed by atoms with Crippen LogP contribution in [0.1, 0.15) is 16.1 Å². The van der Waals surface area contributed by atoms with Crippen molar-refractivity contribution in [3.05, 3.63) is 47.7 Å². The predicted molar refractivity (Wildman–Crippen MR) is 101 cm³/mol. The Morgan fingerprint density at radius 3 is 2.44 bits per heavy atom. The number of carbonyl (C=O) groups excluding carboxylic acids is 2. The highest BCUT2D eigenvalue weighted by Crippen LogP contribution is 2.13. The highest BCUT2D eigenvalue weighted by molar-refractivity contribution is 5.92. The molecule has 8 nitrogen and oxygen atoms in total. The second kappa shape index (κ2) is 8.98. The first-order valence-corrected chi connectivity index (χ1v) is 8.89. The lowest BCUT2D eigenvalue weighted by molar-refractivity contribution is -0.118. The molecular weight excluding hydrogens is 346 g/mol. The first kappa shape index (κ1) is 18.6. The Hall–Kier alpha value is -3.16. The highest BCUT2D eigenvalue weighted by Gasteiger charge is 2.17. The van der Waals surface area contributed by atoms with E-state index in [0.717, 1.165) is 30.0 Å². The standard InChI is InChI=1S/C19H23N5O3/c1-27-16-4-2-15(3-5-16)8-9-20-19(26)17-6-7-18(22-21-17)24-12-10-23(14-25)11-13-24/h2-7,14H,8-13H2,1H3,(H,20,26). The summed E-state index contributed by atoms with van der Waals surface area (Å²) in [7, 11) is 1.63. The van der Waals surface area contributed by atoms with E-state index in [4.69, 9.17) is 4.74 Å². The van der Waals surface area contributed by atoms with Crippen LogP contribution >= 0.6 is 0 Å². The maximum Gasteiger partial charge on any atom is 0.271 e. The number of aromatic nitrogens is 2. The molecule has 0 saturated carbocycles. The van der Waals surface area contributed by atoms with Crippen molar-refractivity contribution < 1.29 is 14.3 Å². The number of benzene rings is 1. The zero-order valence-electron chi connectivity index (χ0n) is 15.3. The molecule has 0 radical (unpaired) electrons. The molecule has 1 aliphatic heterocycles. The van der Waals surface area contributed by atoms with E-state index in [-0.39, 0.29) is 5.91 Å². The smallest absolute Gasteiger partial charge is 0.271 e. The molecule has 1 aromatic carbocycles. The lowest BCUT2D eigenvalue weighted by atomic mass is 10.1. The van der Waals surface area contributed by atoms with Crippen molar-refractivity contribution in [1.82, 2.24) is 20.4 Å². The molecule has 2 heterocycles. The van der Waals surface area contributed by atoms with Crippen LogP contribution in [0.15, 0.2) is 36.4 Å². The largest absolute Gasteiger partial charge is 0.497 e. The van der Waals surface area contributed by atoms with Crippen LogP contribution in [0.3, 0.4) is 0 Å². The predicted octanol–water partition coefficient (Wildman–Crippen LogP) is 0.736. The number of hydrogen-bond acceptors (Lipinski definition) is 6. The number of rotatable bonds is 7. The van der Waals surface area contributed by atoms with Gasteiger partial charge < -0.3 is 19.9 Å². The Labute approximate surface area is 158 Å². The molecule has 142 valence electrons. The Bertz CT molecular complexity index is 756. The number of hydrogen-bond donors (Lipinski definition) is 1. The van der Waals surface area contributed by atoms with Gasteiger partial charge in [-0.1, -0.05) is 12.1 Å². The minimum Gasteiger partial charge on any atom is -0.497 e. The number of piperazine rings is 1. The van der Waals surface area contributed by atoms with E-state index in [9.17, 15) is 9.59 Å². The monoisotopic (exact) mass is 369 g/mol. The van der Waals surface area contributed by atoms with E-state index in [1.807, 2.05) is 24.3 Å². The molecule has 3 rings (SSSR count). The van der Waals surface area contributed by atoms with E-state index >= 15 is 0 Å². The molecule has 8 heteroatoms. The van der Waals surface area contributed by atoms with Gasteiger partial charge in [0.25, 0.3) is 5.91 Å². The molecule has 1 aliphatic rings. The van der Waals surface area contributed by atoms with Crippen LogP contribution in [0, 0.1) is 0 Å². The molecule has 1 saturated heterocycles. The summed E-state index contributed by atoms with van der Waals surface area (Å²) in [5, 5.41) is 11.0. The summed E-state index contributed by atoms with van der Waals surface area (Å²) >= 11 is 0. The van der Waals surface area contributed by atoms with Crippen molar-refractivity contribution in [3.8, 4) is 5.75 Å². The average molecular weight is 369 g/mol. The maximum atomic E-state index is 12.2. The third kappa shape index (κ3) is 4.93. The van der Waals surface area contributed by atoms with E-state index in [0.29, 0.717) is 38.4 Å². The van der Waals surface area contributed by atoms with Crippen LogP contribution < -0.4 is 15.0 Å². The van der Waals surface area contributed by atoms with Gasteiger partial charge in [0, 0.05) is 32.7 Å². The van der Waals surface area contributed by atoms with Gasteiger partial charge in [0.15, 0.2) is 11.5 Å². The summed E-state index contributed by atoms with van der Waals surface area (Å²) in [6.45, 7) is 3.27. The van der Waals surface area contributed by atoms with E-state index in [1.165, 1.54) is 0 Å². The van der Waals surface area contributed by atoms with Crippen LogP contribution in [-0.4, -0.2) is 67.2 Å². The van der Waals surface area contributed by atoms with Gasteiger partial charge in [-0.2, -0.15) is 0 Å². The van der Waals surface area contributed by atoms with Crippen LogP contribution in [0.5, 0.6) is 5.75 Å². The van der Waals surface area contributed by atoms with E-state index in [2.05, 4.69) is 20.4 Å². The third-order valence-corrected chi connectivity index (χ3v) is 4.53. The Morgan fingerprint density at radius 1 is 1.11 bits per heavy atom. The Morgan fingerprint density at radius 2 is 1.85 bits per heavy atom. The number of anilines is 1. The number of amides is 2. The van der Waals surface area contributed by atoms with Crippen molar-refractivity contribution in [3.63, 3.8) is 0 Å². The SMILES string of the molecule is COc1ccc(CCNC(=O)c2ccc(N3CCN(C=O)CC3)nn2)cc1. The minimum atomic E-state index is -0.242. The molecule has 2 aromatic rings. The molecule has 0 spiro atoms. The fourth-order valence-electron chi connectivity index (χ4n) is 2.87. The molecule has 27 heavy (non-hydrogen) atoms. The Balaban J connectivity index is 1.47. The zero-order valence-corrected chi connectivity index (χ0v) is 15.3. The summed E-state index contributed by atoms with van der Waals surface area (Å²) in [5.74, 6) is 1.29. The number of methoxy groups -OCH3 is 1. The molecule has 0 atom stereocenters. The zero-order chi connectivity index (χ0) is 19.1. The second-order valence-electron chi connectivity index (χ2n) is 6.26. The molecule has 0 aliphatic carbocycles. The molecule has 0 bridgehead atoms. The first-order chi connectivity index (χ1) is 13.2. The average Bonchev–Trinajstić information content (AvgIpc) is 2.74. The normalized spacial score (nSPS) is 14.0. The number of nitrogens with zero attached hydrogens (tertiary/aromatic N) is 4. The fraction of sp³-hybridized carbons (Fsp3) is 0.368. The van der Waals surface area contributed by atoms with Crippen molar-refractivity contribution in [1.29, 1.82) is 0 Å². The van der Waals surface area contributed by atoms with Gasteiger partial charge in [-0.3, -0.25) is 9.59 Å². The topological polar surface area (TPSA) is 87.7 Å². The summed E-state index contributed by atoms with van der Waals surface area (Å²) in [5.41, 5.74) is 1.41. The van der Waals surface area contributed by atoms with Crippen molar-refractivity contribution in [2.24, 2.45) is 0 Å². The second-order valence-corrected chi connectivity index (χ2v) is 6.26. The molecular formula is C19H23N5O3. The van der Waals surface area contributed by atoms with Crippen LogP contribution in [0.25, 0.3) is 0 Å². The van der Waals surface area contributed by atoms with Gasteiger partial charge in [0.1, 0.15) is 5.75 Å². The van der Waals surface area contributed by atoms with Crippen molar-refractivity contribution >= 4 is 18.1 Å². The summed E-state index contributed by atoms with van der Waals surface area (Å²) in [6, 6.07) is 11.2. The van der Waals surface area contributed by atoms with Gasteiger partial charge in [-0.25, -0.2) is 0 Å². The maximum absolute atomic E-state index is 12.2. The van der Waals surface area contributed by atoms with Gasteiger partial charge in [0.2, 0.25) is 6.41 Å². The molecule has 0 unspecified atom stereocenters. The molecule has 1 aromatic heterocycles. The number of carbonyl (C=O) groups is 2. The Kier molecular flexibility index (Phi) is 6.19. The minimum absolute atomic E-state index is 0.242. The third-order valence-electron chi connectivity index (χ3n) is 4.53. The van der Waals surface area contributed by atoms with Crippen LogP contribution in [0.4, 0.5) is 5.82 Å². The summed E-state index contributed by atoms with van der Waals surface area (Å²) in [6.07, 6.45) is 1.59. The van der Waals surface area contributed by atoms with Gasteiger partial charge >= 0.3 is 0 Å². The fourth-order valence-corrected chi connectivity index (χ4v) is 2.87. The van der Waals surface area contributed by atoms with Crippen LogP contribution in [0.2, 0.25) is 0 Å². The van der Waals surface area contributed by atoms with Gasteiger partial charge in [0.05, 0.1) is 7.11 Å². The number of ether oxygens (including phenoxy) is 1. The molecule has 2 amide bonds. The van der Waals surface area contributed by atoms with E-state index in [1.54, 1.807) is 24.1 Å². The van der Waals surface area contributed by atoms with Crippen molar-refractivity contribution in [2.75, 3.05) is 44.7 Å². The van der Waals surface area contributed by atoms with E-state index < -0.39 is 0 Å². The molecule has 1 fully saturated rings. The quantitative estimate of drug-likeness (QED) is 0.724. The summed E-state index contributed by atoms with van der Waals surface area (Å²) < 4.78 is 5.13. The van der Waals surface area contributed by atoms with Gasteiger partial charge in [-0.05, 0) is 36.2 Å². The van der Waals surface area contributed by atoms with Crippen LogP contribution in [-0.2, 0) is 11.2 Å². The first-order valence-electron chi connectivity index (χ1n) is 8.89.